The maximum absolute atomic E-state index is 12.8. The number of thioether (sulfide) groups is 1. The van der Waals surface area contributed by atoms with Crippen LogP contribution in [0.1, 0.15) is 43.6 Å². The van der Waals surface area contributed by atoms with Gasteiger partial charge in [0.05, 0.1) is 5.88 Å². The van der Waals surface area contributed by atoms with Crippen molar-refractivity contribution in [3.8, 4) is 0 Å². The molecule has 2 atom stereocenters. The Labute approximate surface area is 167 Å². The molecule has 1 aliphatic rings. The van der Waals surface area contributed by atoms with Crippen molar-refractivity contribution >= 4 is 36.0 Å². The van der Waals surface area contributed by atoms with Crippen molar-refractivity contribution in [1.29, 1.82) is 0 Å². The minimum Gasteiger partial charge on any atom is -0.353 e. The maximum Gasteiger partial charge on any atom is 0.255 e. The molecular weight excluding hydrogens is 370 g/mol. The van der Waals surface area contributed by atoms with E-state index in [0.717, 1.165) is 0 Å². The number of hydrogen-bond donors (Lipinski definition) is 2. The SMILES string of the molecule is CNC(C)CNC(=O)C1CSCN1C(=O)c1ccc(C(C)(C)C)cc1.Cl. The predicted octanol–water partition coefficient (Wildman–Crippen LogP) is 2.65. The van der Waals surface area contributed by atoms with Crippen molar-refractivity contribution in [1.82, 2.24) is 15.5 Å². The van der Waals surface area contributed by atoms with Gasteiger partial charge in [0.2, 0.25) is 5.91 Å². The fourth-order valence-corrected chi connectivity index (χ4v) is 3.77. The molecule has 0 radical (unpaired) electrons. The van der Waals surface area contributed by atoms with E-state index in [9.17, 15) is 9.59 Å². The van der Waals surface area contributed by atoms with Crippen LogP contribution in [0.3, 0.4) is 0 Å². The average Bonchev–Trinajstić information content (AvgIpc) is 3.07. The van der Waals surface area contributed by atoms with E-state index in [-0.39, 0.29) is 35.7 Å². The molecule has 0 bridgehead atoms. The van der Waals surface area contributed by atoms with Crippen LogP contribution in [0, 0.1) is 0 Å². The quantitative estimate of drug-likeness (QED) is 0.799. The average molecular weight is 400 g/mol. The van der Waals surface area contributed by atoms with Gasteiger partial charge in [-0.2, -0.15) is 0 Å². The molecule has 26 heavy (non-hydrogen) atoms. The Morgan fingerprint density at radius 1 is 1.27 bits per heavy atom. The van der Waals surface area contributed by atoms with E-state index in [4.69, 9.17) is 0 Å². The Bertz CT molecular complexity index is 616. The number of benzene rings is 1. The van der Waals surface area contributed by atoms with Crippen LogP contribution in [0.5, 0.6) is 0 Å². The minimum atomic E-state index is -0.399. The van der Waals surface area contributed by atoms with Gasteiger partial charge >= 0.3 is 0 Å². The van der Waals surface area contributed by atoms with Crippen LogP contribution in [0.4, 0.5) is 0 Å². The zero-order valence-electron chi connectivity index (χ0n) is 16.2. The molecule has 1 heterocycles. The first-order valence-electron chi connectivity index (χ1n) is 8.68. The first kappa shape index (κ1) is 22.8. The number of carbonyl (C=O) groups is 2. The molecule has 2 amide bonds. The van der Waals surface area contributed by atoms with Gasteiger partial charge in [-0.05, 0) is 37.1 Å². The molecule has 0 aliphatic carbocycles. The second kappa shape index (κ2) is 9.62. The van der Waals surface area contributed by atoms with Crippen LogP contribution in [-0.2, 0) is 10.2 Å². The molecule has 2 unspecified atom stereocenters. The van der Waals surface area contributed by atoms with Gasteiger partial charge in [0.15, 0.2) is 0 Å². The Kier molecular flexibility index (Phi) is 8.44. The summed E-state index contributed by atoms with van der Waals surface area (Å²) < 4.78 is 0. The van der Waals surface area contributed by atoms with Crippen molar-refractivity contribution < 1.29 is 9.59 Å². The van der Waals surface area contributed by atoms with Crippen LogP contribution >= 0.6 is 24.2 Å². The van der Waals surface area contributed by atoms with Gasteiger partial charge in [0, 0.05) is 23.9 Å². The first-order chi connectivity index (χ1) is 11.7. The van der Waals surface area contributed by atoms with Gasteiger partial charge in [-0.25, -0.2) is 0 Å². The van der Waals surface area contributed by atoms with Crippen molar-refractivity contribution in [3.63, 3.8) is 0 Å². The lowest BCUT2D eigenvalue weighted by Gasteiger charge is -2.24. The van der Waals surface area contributed by atoms with Crippen LogP contribution in [0.25, 0.3) is 0 Å². The highest BCUT2D eigenvalue weighted by molar-refractivity contribution is 7.99. The van der Waals surface area contributed by atoms with Gasteiger partial charge in [0.25, 0.3) is 5.91 Å². The van der Waals surface area contributed by atoms with E-state index in [1.54, 1.807) is 16.7 Å². The Hall–Kier alpha value is -1.24. The summed E-state index contributed by atoms with van der Waals surface area (Å²) in [6, 6.07) is 7.53. The second-order valence-electron chi connectivity index (χ2n) is 7.55. The number of likely N-dealkylation sites (N-methyl/N-ethyl adjacent to an activating group) is 1. The van der Waals surface area contributed by atoms with E-state index in [0.29, 0.717) is 23.7 Å². The summed E-state index contributed by atoms with van der Waals surface area (Å²) in [6.07, 6.45) is 0. The number of nitrogens with one attached hydrogen (secondary N) is 2. The summed E-state index contributed by atoms with van der Waals surface area (Å²) in [5.74, 6) is 1.05. The molecule has 146 valence electrons. The van der Waals surface area contributed by atoms with E-state index in [1.165, 1.54) is 5.56 Å². The Balaban J connectivity index is 0.00000338. The fraction of sp³-hybridized carbons (Fsp3) is 0.579. The number of amides is 2. The smallest absolute Gasteiger partial charge is 0.255 e. The third kappa shape index (κ3) is 5.63. The lowest BCUT2D eigenvalue weighted by molar-refractivity contribution is -0.124. The number of nitrogens with zero attached hydrogens (tertiary/aromatic N) is 1. The molecule has 1 fully saturated rings. The Morgan fingerprint density at radius 2 is 1.88 bits per heavy atom. The molecule has 1 aliphatic heterocycles. The molecular formula is C19H30ClN3O2S. The van der Waals surface area contributed by atoms with Crippen LogP contribution < -0.4 is 10.6 Å². The third-order valence-electron chi connectivity index (χ3n) is 4.52. The molecule has 0 aromatic heterocycles. The molecule has 1 aromatic carbocycles. The number of carbonyl (C=O) groups excluding carboxylic acids is 2. The monoisotopic (exact) mass is 399 g/mol. The summed E-state index contributed by atoms with van der Waals surface area (Å²) in [5.41, 5.74) is 1.88. The summed E-state index contributed by atoms with van der Waals surface area (Å²) in [6.45, 7) is 9.00. The lowest BCUT2D eigenvalue weighted by Crippen LogP contribution is -2.49. The summed E-state index contributed by atoms with van der Waals surface area (Å²) in [7, 11) is 1.86. The van der Waals surface area contributed by atoms with E-state index < -0.39 is 6.04 Å². The summed E-state index contributed by atoms with van der Waals surface area (Å²) >= 11 is 1.62. The van der Waals surface area contributed by atoms with Gasteiger partial charge in [0.1, 0.15) is 6.04 Å². The highest BCUT2D eigenvalue weighted by Gasteiger charge is 2.35. The van der Waals surface area contributed by atoms with Crippen molar-refractivity contribution in [2.45, 2.75) is 45.2 Å². The largest absolute Gasteiger partial charge is 0.353 e. The molecule has 5 nitrogen and oxygen atoms in total. The zero-order chi connectivity index (χ0) is 18.6. The van der Waals surface area contributed by atoms with Crippen molar-refractivity contribution in [2.24, 2.45) is 0 Å². The van der Waals surface area contributed by atoms with Crippen LogP contribution in [0.15, 0.2) is 24.3 Å². The minimum absolute atomic E-state index is 0. The molecule has 0 spiro atoms. The highest BCUT2D eigenvalue weighted by Crippen LogP contribution is 2.25. The fourth-order valence-electron chi connectivity index (χ4n) is 2.61. The van der Waals surface area contributed by atoms with Gasteiger partial charge in [-0.15, -0.1) is 24.2 Å². The number of halogens is 1. The third-order valence-corrected chi connectivity index (χ3v) is 5.53. The Morgan fingerprint density at radius 3 is 2.42 bits per heavy atom. The molecule has 0 saturated carbocycles. The van der Waals surface area contributed by atoms with Gasteiger partial charge in [-0.1, -0.05) is 32.9 Å². The van der Waals surface area contributed by atoms with Gasteiger partial charge < -0.3 is 15.5 Å². The first-order valence-corrected chi connectivity index (χ1v) is 9.83. The highest BCUT2D eigenvalue weighted by atomic mass is 35.5. The molecule has 1 aromatic rings. The zero-order valence-corrected chi connectivity index (χ0v) is 17.8. The predicted molar refractivity (Wildman–Crippen MR) is 111 cm³/mol. The molecule has 7 heteroatoms. The van der Waals surface area contributed by atoms with E-state index >= 15 is 0 Å². The normalized spacial score (nSPS) is 18.2. The van der Waals surface area contributed by atoms with Gasteiger partial charge in [-0.3, -0.25) is 9.59 Å². The molecule has 1 saturated heterocycles. The molecule has 2 N–H and O–H groups in total. The maximum atomic E-state index is 12.8. The standard InChI is InChI=1S/C19H29N3O2S.ClH/c1-13(20-5)10-21-17(23)16-11-25-12-22(16)18(24)14-6-8-15(9-7-14)19(2,3)4;/h6-9,13,16,20H,10-12H2,1-5H3,(H,21,23);1H. The summed E-state index contributed by atoms with van der Waals surface area (Å²) in [4.78, 5) is 27.0. The van der Waals surface area contributed by atoms with E-state index in [1.807, 2.05) is 38.2 Å². The molecule has 2 rings (SSSR count). The van der Waals surface area contributed by atoms with Crippen molar-refractivity contribution in [3.05, 3.63) is 35.4 Å². The van der Waals surface area contributed by atoms with E-state index in [2.05, 4.69) is 31.4 Å². The van der Waals surface area contributed by atoms with Crippen LogP contribution in [0.2, 0.25) is 0 Å². The lowest BCUT2D eigenvalue weighted by atomic mass is 9.86. The van der Waals surface area contributed by atoms with Crippen molar-refractivity contribution in [2.75, 3.05) is 25.2 Å². The second-order valence-corrected chi connectivity index (χ2v) is 8.55. The number of hydrogen-bond acceptors (Lipinski definition) is 4. The topological polar surface area (TPSA) is 61.4 Å². The summed E-state index contributed by atoms with van der Waals surface area (Å²) in [5, 5.41) is 6.02. The van der Waals surface area contributed by atoms with Crippen LogP contribution in [-0.4, -0.2) is 54.0 Å². The number of rotatable bonds is 5.